The second-order valence-electron chi connectivity index (χ2n) is 4.44. The summed E-state index contributed by atoms with van der Waals surface area (Å²) in [7, 11) is 0. The molecule has 1 aromatic carbocycles. The van der Waals surface area contributed by atoms with Crippen molar-refractivity contribution < 1.29 is 0 Å². The number of benzene rings is 1. The van der Waals surface area contributed by atoms with E-state index >= 15 is 0 Å². The molecule has 19 heavy (non-hydrogen) atoms. The van der Waals surface area contributed by atoms with E-state index in [2.05, 4.69) is 15.1 Å². The van der Waals surface area contributed by atoms with Crippen LogP contribution in [0.15, 0.2) is 24.5 Å². The molecule has 0 radical (unpaired) electrons. The van der Waals surface area contributed by atoms with Crippen LogP contribution in [0.3, 0.4) is 0 Å². The van der Waals surface area contributed by atoms with Crippen molar-refractivity contribution >= 4 is 23.1 Å². The molecule has 0 saturated carbocycles. The van der Waals surface area contributed by atoms with Crippen LogP contribution in [0.1, 0.15) is 11.4 Å². The molecule has 0 unspecified atom stereocenters. The molecule has 3 N–H and O–H groups in total. The molecule has 0 saturated heterocycles. The molecule has 1 aromatic heterocycles. The van der Waals surface area contributed by atoms with Gasteiger partial charge in [-0.2, -0.15) is 0 Å². The lowest BCUT2D eigenvalue weighted by molar-refractivity contribution is 0.560. The molecule has 0 atom stereocenters. The summed E-state index contributed by atoms with van der Waals surface area (Å²) in [6.07, 6.45) is 1.74. The van der Waals surface area contributed by atoms with Crippen molar-refractivity contribution in [2.75, 3.05) is 11.4 Å². The fourth-order valence-corrected chi connectivity index (χ4v) is 2.44. The molecule has 1 aliphatic rings. The molecule has 0 spiro atoms. The first-order valence-corrected chi connectivity index (χ1v) is 6.28. The Kier molecular flexibility index (Phi) is 2.87. The maximum atomic E-state index is 7.67. The van der Waals surface area contributed by atoms with Gasteiger partial charge in [-0.25, -0.2) is 0 Å². The summed E-state index contributed by atoms with van der Waals surface area (Å²) >= 11 is 5.97. The molecule has 6 nitrogen and oxygen atoms in total. The Morgan fingerprint density at radius 3 is 3.00 bits per heavy atom. The normalized spacial score (nSPS) is 14.3. The van der Waals surface area contributed by atoms with Crippen molar-refractivity contribution in [3.63, 3.8) is 0 Å². The largest absolute Gasteiger partial charge is 0.384 e. The number of nitrogens with one attached hydrogen (secondary N) is 1. The molecule has 1 aliphatic heterocycles. The number of hydrogen-bond donors (Lipinski definition) is 2. The van der Waals surface area contributed by atoms with Crippen LogP contribution in [0.5, 0.6) is 0 Å². The number of fused-ring (bicyclic) bond motifs is 1. The van der Waals surface area contributed by atoms with E-state index in [9.17, 15) is 0 Å². The molecular formula is C12H13ClN6. The third-order valence-corrected chi connectivity index (χ3v) is 3.46. The van der Waals surface area contributed by atoms with Gasteiger partial charge < -0.3 is 15.2 Å². The zero-order valence-electron chi connectivity index (χ0n) is 10.2. The molecule has 2 heterocycles. The number of hydrogen-bond acceptors (Lipinski definition) is 4. The summed E-state index contributed by atoms with van der Waals surface area (Å²) in [5.74, 6) is 0.931. The standard InChI is InChI=1S/C12H13ClN6/c13-8-1-2-10(9(5-8)12(14)15)18-3-4-19-7-16-17-11(19)6-18/h1-2,5,7H,3-4,6H2,(H3,14,15). The average Bonchev–Trinajstić information content (AvgIpc) is 2.85. The van der Waals surface area contributed by atoms with Crippen molar-refractivity contribution in [1.29, 1.82) is 5.41 Å². The van der Waals surface area contributed by atoms with E-state index in [1.807, 2.05) is 16.7 Å². The van der Waals surface area contributed by atoms with Crippen LogP contribution in [-0.2, 0) is 13.1 Å². The van der Waals surface area contributed by atoms with Crippen molar-refractivity contribution in [2.45, 2.75) is 13.1 Å². The minimum absolute atomic E-state index is 0.0181. The highest BCUT2D eigenvalue weighted by molar-refractivity contribution is 6.31. The smallest absolute Gasteiger partial charge is 0.152 e. The van der Waals surface area contributed by atoms with E-state index in [-0.39, 0.29) is 5.84 Å². The van der Waals surface area contributed by atoms with Crippen molar-refractivity contribution in [1.82, 2.24) is 14.8 Å². The van der Waals surface area contributed by atoms with E-state index in [1.165, 1.54) is 0 Å². The Balaban J connectivity index is 1.98. The Hall–Kier alpha value is -2.08. The summed E-state index contributed by atoms with van der Waals surface area (Å²) < 4.78 is 2.03. The number of rotatable bonds is 2. The summed E-state index contributed by atoms with van der Waals surface area (Å²) in [5.41, 5.74) is 7.19. The Bertz CT molecular complexity index is 635. The molecule has 98 valence electrons. The van der Waals surface area contributed by atoms with Gasteiger partial charge in [-0.15, -0.1) is 10.2 Å². The highest BCUT2D eigenvalue weighted by atomic mass is 35.5. The number of nitrogen functional groups attached to an aromatic ring is 1. The van der Waals surface area contributed by atoms with Crippen LogP contribution >= 0.6 is 11.6 Å². The molecule has 0 aliphatic carbocycles. The maximum absolute atomic E-state index is 7.67. The Morgan fingerprint density at radius 2 is 2.21 bits per heavy atom. The van der Waals surface area contributed by atoms with Gasteiger partial charge in [-0.05, 0) is 18.2 Å². The number of halogens is 1. The van der Waals surface area contributed by atoms with Crippen molar-refractivity contribution in [2.24, 2.45) is 5.73 Å². The SMILES string of the molecule is N=C(N)c1cc(Cl)ccc1N1CCn2cnnc2C1. The lowest BCUT2D eigenvalue weighted by Crippen LogP contribution is -2.35. The first-order chi connectivity index (χ1) is 9.15. The predicted molar refractivity (Wildman–Crippen MR) is 73.5 cm³/mol. The summed E-state index contributed by atoms with van der Waals surface area (Å²) in [6, 6.07) is 5.42. The highest BCUT2D eigenvalue weighted by Gasteiger charge is 2.20. The van der Waals surface area contributed by atoms with Gasteiger partial charge in [0, 0.05) is 29.4 Å². The third kappa shape index (κ3) is 2.15. The van der Waals surface area contributed by atoms with Gasteiger partial charge in [-0.3, -0.25) is 5.41 Å². The fourth-order valence-electron chi connectivity index (χ4n) is 2.27. The second kappa shape index (κ2) is 4.55. The molecule has 3 rings (SSSR count). The molecular weight excluding hydrogens is 264 g/mol. The van der Waals surface area contributed by atoms with Gasteiger partial charge in [0.1, 0.15) is 12.2 Å². The monoisotopic (exact) mass is 276 g/mol. The van der Waals surface area contributed by atoms with E-state index in [0.29, 0.717) is 17.1 Å². The zero-order chi connectivity index (χ0) is 13.4. The molecule has 2 aromatic rings. The van der Waals surface area contributed by atoms with Gasteiger partial charge in [0.05, 0.1) is 6.54 Å². The third-order valence-electron chi connectivity index (χ3n) is 3.23. The van der Waals surface area contributed by atoms with Crippen LogP contribution in [0.4, 0.5) is 5.69 Å². The second-order valence-corrected chi connectivity index (χ2v) is 4.87. The number of nitrogens with two attached hydrogens (primary N) is 1. The van der Waals surface area contributed by atoms with Gasteiger partial charge in [0.15, 0.2) is 5.82 Å². The zero-order valence-corrected chi connectivity index (χ0v) is 10.9. The number of aromatic nitrogens is 3. The lowest BCUT2D eigenvalue weighted by Gasteiger charge is -2.30. The summed E-state index contributed by atoms with van der Waals surface area (Å²) in [5, 5.41) is 16.2. The van der Waals surface area contributed by atoms with Gasteiger partial charge in [-0.1, -0.05) is 11.6 Å². The number of nitrogens with zero attached hydrogens (tertiary/aromatic N) is 4. The number of anilines is 1. The van der Waals surface area contributed by atoms with Crippen LogP contribution in [0, 0.1) is 5.41 Å². The summed E-state index contributed by atoms with van der Waals surface area (Å²) in [4.78, 5) is 2.14. The first kappa shape index (κ1) is 12.0. The minimum atomic E-state index is 0.0181. The van der Waals surface area contributed by atoms with E-state index < -0.39 is 0 Å². The molecule has 7 heteroatoms. The van der Waals surface area contributed by atoms with Crippen molar-refractivity contribution in [3.8, 4) is 0 Å². The predicted octanol–water partition coefficient (Wildman–Crippen LogP) is 1.24. The highest BCUT2D eigenvalue weighted by Crippen LogP contribution is 2.26. The van der Waals surface area contributed by atoms with Crippen LogP contribution in [0.2, 0.25) is 5.02 Å². The lowest BCUT2D eigenvalue weighted by atomic mass is 10.1. The quantitative estimate of drug-likeness (QED) is 0.638. The number of amidine groups is 1. The maximum Gasteiger partial charge on any atom is 0.152 e. The first-order valence-electron chi connectivity index (χ1n) is 5.91. The van der Waals surface area contributed by atoms with Crippen LogP contribution < -0.4 is 10.6 Å². The van der Waals surface area contributed by atoms with Gasteiger partial charge in [0.25, 0.3) is 0 Å². The van der Waals surface area contributed by atoms with Crippen LogP contribution in [0.25, 0.3) is 0 Å². The fraction of sp³-hybridized carbons (Fsp3) is 0.250. The molecule has 0 fully saturated rings. The van der Waals surface area contributed by atoms with Gasteiger partial charge >= 0.3 is 0 Å². The van der Waals surface area contributed by atoms with Gasteiger partial charge in [0.2, 0.25) is 0 Å². The Labute approximate surface area is 115 Å². The minimum Gasteiger partial charge on any atom is -0.384 e. The van der Waals surface area contributed by atoms with E-state index in [1.54, 1.807) is 12.4 Å². The van der Waals surface area contributed by atoms with E-state index in [0.717, 1.165) is 24.6 Å². The van der Waals surface area contributed by atoms with E-state index in [4.69, 9.17) is 22.7 Å². The van der Waals surface area contributed by atoms with Crippen LogP contribution in [-0.4, -0.2) is 27.1 Å². The van der Waals surface area contributed by atoms with Crippen molar-refractivity contribution in [3.05, 3.63) is 40.9 Å². The average molecular weight is 277 g/mol. The topological polar surface area (TPSA) is 83.8 Å². The summed E-state index contributed by atoms with van der Waals surface area (Å²) in [6.45, 7) is 2.30. The Morgan fingerprint density at radius 1 is 1.37 bits per heavy atom. The molecule has 0 bridgehead atoms. The molecule has 0 amide bonds.